The van der Waals surface area contributed by atoms with Crippen LogP contribution in [0.3, 0.4) is 0 Å². The van der Waals surface area contributed by atoms with E-state index in [1.165, 1.54) is 26.2 Å². The third-order valence-electron chi connectivity index (χ3n) is 6.20. The zero-order valence-corrected chi connectivity index (χ0v) is 21.5. The van der Waals surface area contributed by atoms with Gasteiger partial charge in [0.2, 0.25) is 5.75 Å². The number of carbonyl (C=O) groups excluding carboxylic acids is 2. The molecule has 0 spiro atoms. The summed E-state index contributed by atoms with van der Waals surface area (Å²) in [5.74, 6) is -0.363. The second-order valence-corrected chi connectivity index (χ2v) is 8.93. The van der Waals surface area contributed by atoms with Gasteiger partial charge in [-0.05, 0) is 70.2 Å². The Hall–Kier alpha value is -3.52. The molecule has 2 aromatic rings. The fourth-order valence-electron chi connectivity index (χ4n) is 4.41. The lowest BCUT2D eigenvalue weighted by atomic mass is 9.93. The van der Waals surface area contributed by atoms with E-state index in [-0.39, 0.29) is 11.3 Å². The molecule has 1 fully saturated rings. The van der Waals surface area contributed by atoms with E-state index in [0.29, 0.717) is 41.3 Å². The highest BCUT2D eigenvalue weighted by molar-refractivity contribution is 6.46. The molecule has 1 saturated heterocycles. The minimum Gasteiger partial charge on any atom is -0.507 e. The number of amides is 1. The lowest BCUT2D eigenvalue weighted by molar-refractivity contribution is -0.139. The monoisotopic (exact) mass is 482 g/mol. The maximum Gasteiger partial charge on any atom is 0.295 e. The number of aryl methyl sites for hydroxylation is 2. The van der Waals surface area contributed by atoms with Crippen molar-refractivity contribution >= 4 is 17.4 Å². The van der Waals surface area contributed by atoms with Crippen molar-refractivity contribution in [3.63, 3.8) is 0 Å². The van der Waals surface area contributed by atoms with Crippen LogP contribution in [0.4, 0.5) is 0 Å². The molecule has 35 heavy (non-hydrogen) atoms. The second-order valence-electron chi connectivity index (χ2n) is 8.93. The highest BCUT2D eigenvalue weighted by Gasteiger charge is 2.46. The largest absolute Gasteiger partial charge is 0.507 e. The standard InChI is InChI=1S/C27H34N2O6/c1-16-9-10-17(2)19(13-16)24(30)22-23(29(27(32)25(22)31)12-8-11-28(3)4)18-14-20(33-5)26(35-7)21(15-18)34-6/h9-10,13-15,23,30H,8,11-12H2,1-7H3/b24-22+. The van der Waals surface area contributed by atoms with E-state index in [9.17, 15) is 14.7 Å². The Morgan fingerprint density at radius 3 is 2.17 bits per heavy atom. The van der Waals surface area contributed by atoms with Gasteiger partial charge in [0.15, 0.2) is 11.5 Å². The number of nitrogens with zero attached hydrogens (tertiary/aromatic N) is 2. The van der Waals surface area contributed by atoms with Crippen LogP contribution in [0.2, 0.25) is 0 Å². The number of aliphatic hydroxyl groups is 1. The number of hydrogen-bond acceptors (Lipinski definition) is 7. The molecule has 0 aromatic heterocycles. The third-order valence-corrected chi connectivity index (χ3v) is 6.20. The zero-order valence-electron chi connectivity index (χ0n) is 21.5. The smallest absolute Gasteiger partial charge is 0.295 e. The zero-order chi connectivity index (χ0) is 25.9. The molecule has 3 rings (SSSR count). The van der Waals surface area contributed by atoms with Gasteiger partial charge in [-0.25, -0.2) is 0 Å². The molecule has 0 saturated carbocycles. The van der Waals surface area contributed by atoms with Crippen molar-refractivity contribution in [2.75, 3.05) is 48.5 Å². The van der Waals surface area contributed by atoms with E-state index in [4.69, 9.17) is 14.2 Å². The molecule has 0 aliphatic carbocycles. The molecule has 188 valence electrons. The number of hydrogen-bond donors (Lipinski definition) is 1. The molecule has 0 bridgehead atoms. The molecule has 1 aliphatic heterocycles. The SMILES string of the molecule is COc1cc(C2/C(=C(\O)c3cc(C)ccc3C)C(=O)C(=O)N2CCCN(C)C)cc(OC)c1OC. The van der Waals surface area contributed by atoms with Gasteiger partial charge in [0.25, 0.3) is 11.7 Å². The summed E-state index contributed by atoms with van der Waals surface area (Å²) in [4.78, 5) is 30.1. The van der Waals surface area contributed by atoms with E-state index in [2.05, 4.69) is 0 Å². The minimum atomic E-state index is -0.814. The Morgan fingerprint density at radius 2 is 1.63 bits per heavy atom. The first kappa shape index (κ1) is 26.1. The summed E-state index contributed by atoms with van der Waals surface area (Å²) in [6.07, 6.45) is 0.657. The van der Waals surface area contributed by atoms with Gasteiger partial charge in [-0.1, -0.05) is 17.7 Å². The van der Waals surface area contributed by atoms with E-state index in [0.717, 1.165) is 17.7 Å². The van der Waals surface area contributed by atoms with Crippen molar-refractivity contribution in [1.29, 1.82) is 0 Å². The Kier molecular flexibility index (Phi) is 8.07. The minimum absolute atomic E-state index is 0.0443. The molecular formula is C27H34N2O6. The first-order valence-electron chi connectivity index (χ1n) is 11.4. The number of methoxy groups -OCH3 is 3. The molecule has 1 N–H and O–H groups in total. The fourth-order valence-corrected chi connectivity index (χ4v) is 4.41. The molecule has 1 aliphatic rings. The number of aliphatic hydroxyl groups excluding tert-OH is 1. The van der Waals surface area contributed by atoms with Gasteiger partial charge in [0.05, 0.1) is 32.9 Å². The number of likely N-dealkylation sites (tertiary alicyclic amines) is 1. The lowest BCUT2D eigenvalue weighted by Gasteiger charge is -2.27. The molecule has 1 amide bonds. The molecule has 2 aromatic carbocycles. The Balaban J connectivity index is 2.26. The van der Waals surface area contributed by atoms with Gasteiger partial charge in [0.1, 0.15) is 5.76 Å². The number of ether oxygens (including phenoxy) is 3. The van der Waals surface area contributed by atoms with Crippen molar-refractivity contribution < 1.29 is 28.9 Å². The Morgan fingerprint density at radius 1 is 1.00 bits per heavy atom. The Labute approximate surface area is 206 Å². The maximum absolute atomic E-state index is 13.3. The first-order valence-corrected chi connectivity index (χ1v) is 11.4. The van der Waals surface area contributed by atoms with Gasteiger partial charge in [-0.2, -0.15) is 0 Å². The molecule has 0 radical (unpaired) electrons. The van der Waals surface area contributed by atoms with Gasteiger partial charge in [-0.15, -0.1) is 0 Å². The van der Waals surface area contributed by atoms with E-state index < -0.39 is 17.7 Å². The topological polar surface area (TPSA) is 88.5 Å². The van der Waals surface area contributed by atoms with Crippen molar-refractivity contribution in [3.8, 4) is 17.2 Å². The van der Waals surface area contributed by atoms with Crippen LogP contribution in [0.5, 0.6) is 17.2 Å². The summed E-state index contributed by atoms with van der Waals surface area (Å²) in [6, 6.07) is 8.25. The number of ketones is 1. The molecule has 1 unspecified atom stereocenters. The van der Waals surface area contributed by atoms with Crippen LogP contribution in [-0.2, 0) is 9.59 Å². The second kappa shape index (κ2) is 10.8. The predicted octanol–water partition coefficient (Wildman–Crippen LogP) is 3.70. The van der Waals surface area contributed by atoms with Crippen LogP contribution in [-0.4, -0.2) is 75.1 Å². The van der Waals surface area contributed by atoms with Gasteiger partial charge < -0.3 is 29.1 Å². The van der Waals surface area contributed by atoms with Crippen LogP contribution < -0.4 is 14.2 Å². The average molecular weight is 483 g/mol. The van der Waals surface area contributed by atoms with Crippen LogP contribution in [0.15, 0.2) is 35.9 Å². The summed E-state index contributed by atoms with van der Waals surface area (Å²) in [7, 11) is 8.42. The molecule has 1 atom stereocenters. The first-order chi connectivity index (χ1) is 16.6. The average Bonchev–Trinajstić information content (AvgIpc) is 3.08. The molecule has 8 nitrogen and oxygen atoms in total. The van der Waals surface area contributed by atoms with Crippen molar-refractivity contribution in [3.05, 3.63) is 58.2 Å². The number of Topliss-reactive ketones (excluding diaryl/α,β-unsaturated/α-hetero) is 1. The van der Waals surface area contributed by atoms with E-state index >= 15 is 0 Å². The summed E-state index contributed by atoms with van der Waals surface area (Å²) in [6.45, 7) is 4.85. The van der Waals surface area contributed by atoms with Gasteiger partial charge in [0, 0.05) is 12.1 Å². The van der Waals surface area contributed by atoms with Crippen LogP contribution in [0, 0.1) is 13.8 Å². The highest BCUT2D eigenvalue weighted by atomic mass is 16.5. The molecular weight excluding hydrogens is 448 g/mol. The van der Waals surface area contributed by atoms with Crippen LogP contribution in [0.1, 0.15) is 34.7 Å². The fraction of sp³-hybridized carbons (Fsp3) is 0.407. The van der Waals surface area contributed by atoms with Gasteiger partial charge >= 0.3 is 0 Å². The molecule has 8 heteroatoms. The maximum atomic E-state index is 13.3. The van der Waals surface area contributed by atoms with Crippen LogP contribution in [0.25, 0.3) is 5.76 Å². The number of carbonyl (C=O) groups is 2. The highest BCUT2D eigenvalue weighted by Crippen LogP contribution is 2.46. The molecule has 1 heterocycles. The van der Waals surface area contributed by atoms with Crippen molar-refractivity contribution in [2.24, 2.45) is 0 Å². The van der Waals surface area contributed by atoms with E-state index in [1.54, 1.807) is 12.1 Å². The third kappa shape index (κ3) is 5.12. The van der Waals surface area contributed by atoms with Crippen molar-refractivity contribution in [1.82, 2.24) is 9.80 Å². The number of benzene rings is 2. The summed E-state index contributed by atoms with van der Waals surface area (Å²) in [5, 5.41) is 11.4. The summed E-state index contributed by atoms with van der Waals surface area (Å²) < 4.78 is 16.5. The summed E-state index contributed by atoms with van der Waals surface area (Å²) in [5.41, 5.74) is 2.88. The summed E-state index contributed by atoms with van der Waals surface area (Å²) >= 11 is 0. The quantitative estimate of drug-likeness (QED) is 0.331. The predicted molar refractivity (Wildman–Crippen MR) is 134 cm³/mol. The number of rotatable bonds is 9. The van der Waals surface area contributed by atoms with Gasteiger partial charge in [-0.3, -0.25) is 9.59 Å². The van der Waals surface area contributed by atoms with E-state index in [1.807, 2.05) is 51.0 Å². The lowest BCUT2D eigenvalue weighted by Crippen LogP contribution is -2.32. The van der Waals surface area contributed by atoms with Crippen LogP contribution >= 0.6 is 0 Å². The normalized spacial score (nSPS) is 17.3. The van der Waals surface area contributed by atoms with Crippen molar-refractivity contribution in [2.45, 2.75) is 26.3 Å². The Bertz CT molecular complexity index is 1130.